The van der Waals surface area contributed by atoms with Gasteiger partial charge in [-0.25, -0.2) is 9.59 Å². The van der Waals surface area contributed by atoms with Crippen LogP contribution in [0.15, 0.2) is 60.7 Å². The Morgan fingerprint density at radius 1 is 0.806 bits per heavy atom. The van der Waals surface area contributed by atoms with Gasteiger partial charge in [-0.2, -0.15) is 0 Å². The van der Waals surface area contributed by atoms with Crippen molar-refractivity contribution in [3.05, 3.63) is 86.3 Å². The lowest BCUT2D eigenvalue weighted by Crippen LogP contribution is -2.50. The zero-order valence-electron chi connectivity index (χ0n) is 19.5. The molecule has 0 fully saturated rings. The summed E-state index contributed by atoms with van der Waals surface area (Å²) >= 11 is 24.0. The van der Waals surface area contributed by atoms with Crippen LogP contribution in [0.2, 0.25) is 20.1 Å². The zero-order chi connectivity index (χ0) is 26.2. The smallest absolute Gasteiger partial charge is 0.410 e. The summed E-state index contributed by atoms with van der Waals surface area (Å²) in [4.78, 5) is 27.4. The molecule has 0 aromatic heterocycles. The quantitative estimate of drug-likeness (QED) is 0.333. The Labute approximate surface area is 228 Å². The molecule has 0 aliphatic carbocycles. The fourth-order valence-corrected chi connectivity index (χ4v) is 4.62. The molecule has 1 heterocycles. The molecule has 6 nitrogen and oxygen atoms in total. The van der Waals surface area contributed by atoms with Gasteiger partial charge in [0.15, 0.2) is 0 Å². The number of amides is 3. The molecular formula is C26H21Cl4N3O3. The average Bonchev–Trinajstić information content (AvgIpc) is 2.78. The number of hydrogen-bond donors (Lipinski definition) is 2. The number of ether oxygens (including phenoxy) is 1. The summed E-state index contributed by atoms with van der Waals surface area (Å²) in [6.07, 6.45) is 1.28. The summed E-state index contributed by atoms with van der Waals surface area (Å²) in [6.45, 7) is 5.81. The molecule has 2 N–H and O–H groups in total. The number of carbonyl (C=O) groups excluding carboxylic acids is 2. The maximum absolute atomic E-state index is 13.4. The van der Waals surface area contributed by atoms with Crippen molar-refractivity contribution in [1.29, 1.82) is 0 Å². The van der Waals surface area contributed by atoms with Gasteiger partial charge in [0.25, 0.3) is 0 Å². The first-order valence-electron chi connectivity index (χ1n) is 10.8. The summed E-state index contributed by atoms with van der Waals surface area (Å²) in [7, 11) is 0. The number of urea groups is 1. The molecule has 0 radical (unpaired) electrons. The van der Waals surface area contributed by atoms with Crippen LogP contribution in [-0.4, -0.2) is 17.7 Å². The van der Waals surface area contributed by atoms with Crippen molar-refractivity contribution >= 4 is 81.2 Å². The van der Waals surface area contributed by atoms with Gasteiger partial charge in [0.2, 0.25) is 0 Å². The van der Waals surface area contributed by atoms with Gasteiger partial charge in [-0.1, -0.05) is 52.5 Å². The lowest BCUT2D eigenvalue weighted by atomic mass is 9.89. The third kappa shape index (κ3) is 5.57. The SMILES string of the molecule is CC1=CC(C)(C)N(C(=O)Nc2ccc(Cl)c(Cl)c2)c2ccc(OC(=O)Nc3ccc(Cl)c(Cl)c3)cc21. The molecule has 3 aromatic carbocycles. The summed E-state index contributed by atoms with van der Waals surface area (Å²) in [5, 5.41) is 6.91. The lowest BCUT2D eigenvalue weighted by molar-refractivity contribution is 0.215. The molecule has 0 atom stereocenters. The molecule has 0 saturated heterocycles. The van der Waals surface area contributed by atoms with Gasteiger partial charge in [-0.3, -0.25) is 10.2 Å². The largest absolute Gasteiger partial charge is 0.417 e. The molecule has 0 bridgehead atoms. The first-order chi connectivity index (χ1) is 16.9. The maximum Gasteiger partial charge on any atom is 0.417 e. The van der Waals surface area contributed by atoms with Crippen LogP contribution in [0.4, 0.5) is 26.7 Å². The Morgan fingerprint density at radius 2 is 1.39 bits per heavy atom. The topological polar surface area (TPSA) is 70.7 Å². The molecule has 0 unspecified atom stereocenters. The highest BCUT2D eigenvalue weighted by atomic mass is 35.5. The third-order valence-electron chi connectivity index (χ3n) is 5.53. The molecule has 0 saturated carbocycles. The van der Waals surface area contributed by atoms with E-state index in [1.807, 2.05) is 26.8 Å². The second-order valence-electron chi connectivity index (χ2n) is 8.70. The van der Waals surface area contributed by atoms with Crippen molar-refractivity contribution in [2.75, 3.05) is 15.5 Å². The first kappa shape index (κ1) is 26.2. The standard InChI is InChI=1S/C26H21Cl4N3O3/c1-14-13-26(2,3)33(24(34)31-15-4-7-19(27)21(29)10-15)23-9-6-17(12-18(14)23)36-25(35)32-16-5-8-20(28)22(30)11-16/h4-13H,1-3H3,(H,31,34)(H,32,35). The van der Waals surface area contributed by atoms with E-state index in [0.29, 0.717) is 42.9 Å². The Hall–Kier alpha value is -2.90. The van der Waals surface area contributed by atoms with E-state index in [4.69, 9.17) is 51.1 Å². The van der Waals surface area contributed by atoms with Gasteiger partial charge in [0.1, 0.15) is 5.75 Å². The predicted molar refractivity (Wildman–Crippen MR) is 148 cm³/mol. The predicted octanol–water partition coefficient (Wildman–Crippen LogP) is 9.15. The molecule has 36 heavy (non-hydrogen) atoms. The monoisotopic (exact) mass is 563 g/mol. The van der Waals surface area contributed by atoms with Crippen molar-refractivity contribution in [3.8, 4) is 5.75 Å². The van der Waals surface area contributed by atoms with E-state index < -0.39 is 11.6 Å². The van der Waals surface area contributed by atoms with Gasteiger partial charge in [-0.15, -0.1) is 0 Å². The van der Waals surface area contributed by atoms with E-state index in [1.165, 1.54) is 6.07 Å². The molecule has 186 valence electrons. The molecule has 0 spiro atoms. The average molecular weight is 565 g/mol. The van der Waals surface area contributed by atoms with Gasteiger partial charge in [0.05, 0.1) is 31.3 Å². The lowest BCUT2D eigenvalue weighted by Gasteiger charge is -2.41. The minimum Gasteiger partial charge on any atom is -0.410 e. The summed E-state index contributed by atoms with van der Waals surface area (Å²) < 4.78 is 5.47. The minimum absolute atomic E-state index is 0.309. The fraction of sp³-hybridized carbons (Fsp3) is 0.154. The Kier molecular flexibility index (Phi) is 7.43. The number of allylic oxidation sites excluding steroid dienone is 1. The number of fused-ring (bicyclic) bond motifs is 1. The third-order valence-corrected chi connectivity index (χ3v) is 7.01. The van der Waals surface area contributed by atoms with Crippen LogP contribution >= 0.6 is 46.4 Å². The summed E-state index contributed by atoms with van der Waals surface area (Å²) in [5.74, 6) is 0.309. The number of anilines is 3. The van der Waals surface area contributed by atoms with Crippen LogP contribution in [0.25, 0.3) is 5.57 Å². The van der Waals surface area contributed by atoms with Crippen LogP contribution < -0.4 is 20.3 Å². The number of nitrogens with zero attached hydrogens (tertiary/aromatic N) is 1. The molecule has 10 heteroatoms. The van der Waals surface area contributed by atoms with E-state index in [1.54, 1.807) is 53.4 Å². The second-order valence-corrected chi connectivity index (χ2v) is 10.3. The number of hydrogen-bond acceptors (Lipinski definition) is 3. The van der Waals surface area contributed by atoms with Gasteiger partial charge in [0, 0.05) is 16.9 Å². The van der Waals surface area contributed by atoms with Crippen LogP contribution in [-0.2, 0) is 0 Å². The molecular weight excluding hydrogens is 544 g/mol. The van der Waals surface area contributed by atoms with E-state index in [2.05, 4.69) is 10.6 Å². The van der Waals surface area contributed by atoms with E-state index in [9.17, 15) is 9.59 Å². The van der Waals surface area contributed by atoms with Crippen molar-refractivity contribution < 1.29 is 14.3 Å². The van der Waals surface area contributed by atoms with Crippen LogP contribution in [0, 0.1) is 0 Å². The molecule has 1 aliphatic heterocycles. The molecule has 1 aliphatic rings. The summed E-state index contributed by atoms with van der Waals surface area (Å²) in [5.41, 5.74) is 2.66. The van der Waals surface area contributed by atoms with Crippen LogP contribution in [0.1, 0.15) is 26.3 Å². The highest BCUT2D eigenvalue weighted by molar-refractivity contribution is 6.42. The first-order valence-corrected chi connectivity index (χ1v) is 12.3. The Balaban J connectivity index is 1.57. The number of halogens is 4. The Bertz CT molecular complexity index is 1410. The van der Waals surface area contributed by atoms with Crippen LogP contribution in [0.5, 0.6) is 5.75 Å². The molecule has 4 rings (SSSR count). The highest BCUT2D eigenvalue weighted by Gasteiger charge is 2.36. The molecule has 3 aromatic rings. The van der Waals surface area contributed by atoms with Crippen molar-refractivity contribution in [2.24, 2.45) is 0 Å². The number of carbonyl (C=O) groups is 2. The van der Waals surface area contributed by atoms with Crippen molar-refractivity contribution in [3.63, 3.8) is 0 Å². The van der Waals surface area contributed by atoms with Gasteiger partial charge in [-0.05, 0) is 80.9 Å². The molecule has 3 amide bonds. The summed E-state index contributed by atoms with van der Waals surface area (Å²) in [6, 6.07) is 14.3. The van der Waals surface area contributed by atoms with Crippen molar-refractivity contribution in [1.82, 2.24) is 0 Å². The van der Waals surface area contributed by atoms with E-state index in [0.717, 1.165) is 11.1 Å². The van der Waals surface area contributed by atoms with E-state index in [-0.39, 0.29) is 6.03 Å². The zero-order valence-corrected chi connectivity index (χ0v) is 22.5. The fourth-order valence-electron chi connectivity index (χ4n) is 4.02. The number of nitrogens with one attached hydrogen (secondary N) is 2. The van der Waals surface area contributed by atoms with Gasteiger partial charge < -0.3 is 10.1 Å². The normalized spacial score (nSPS) is 14.0. The highest BCUT2D eigenvalue weighted by Crippen LogP contribution is 2.41. The van der Waals surface area contributed by atoms with Gasteiger partial charge >= 0.3 is 12.1 Å². The van der Waals surface area contributed by atoms with Crippen molar-refractivity contribution in [2.45, 2.75) is 26.3 Å². The Morgan fingerprint density at radius 3 is 1.97 bits per heavy atom. The number of benzene rings is 3. The van der Waals surface area contributed by atoms with Crippen LogP contribution in [0.3, 0.4) is 0 Å². The number of rotatable bonds is 3. The minimum atomic E-state index is -0.694. The van der Waals surface area contributed by atoms with E-state index >= 15 is 0 Å². The maximum atomic E-state index is 13.4. The second kappa shape index (κ2) is 10.2.